The summed E-state index contributed by atoms with van der Waals surface area (Å²) < 4.78 is 5.43. The van der Waals surface area contributed by atoms with Gasteiger partial charge in [-0.05, 0) is 61.7 Å². The molecule has 0 radical (unpaired) electrons. The van der Waals surface area contributed by atoms with Gasteiger partial charge in [-0.15, -0.1) is 0 Å². The van der Waals surface area contributed by atoms with Crippen LogP contribution in [0, 0.1) is 0 Å². The van der Waals surface area contributed by atoms with Crippen molar-refractivity contribution in [2.24, 2.45) is 0 Å². The Morgan fingerprint density at radius 2 is 1.79 bits per heavy atom. The quantitative estimate of drug-likeness (QED) is 0.667. The summed E-state index contributed by atoms with van der Waals surface area (Å²) in [6.45, 7) is 5.79. The molecular formula is C23H27N3O3. The van der Waals surface area contributed by atoms with Crippen molar-refractivity contribution < 1.29 is 14.3 Å². The highest BCUT2D eigenvalue weighted by Gasteiger charge is 2.18. The molecule has 0 unspecified atom stereocenters. The lowest BCUT2D eigenvalue weighted by Gasteiger charge is -2.26. The molecule has 3 rings (SSSR count). The van der Waals surface area contributed by atoms with E-state index in [1.54, 1.807) is 30.3 Å². The number of hydrogen-bond donors (Lipinski definition) is 2. The minimum absolute atomic E-state index is 0.0256. The average Bonchev–Trinajstić information content (AvgIpc) is 2.77. The second-order valence-electron chi connectivity index (χ2n) is 6.96. The van der Waals surface area contributed by atoms with Gasteiger partial charge in [-0.1, -0.05) is 18.7 Å². The van der Waals surface area contributed by atoms with Crippen LogP contribution < -0.4 is 15.4 Å². The Balaban J connectivity index is 1.51. The SMILES string of the molecule is C=CCOc1ccc(NCC(=O)Nc2cccc(C(=O)N3CCCCC3)c2)cc1. The van der Waals surface area contributed by atoms with Crippen molar-refractivity contribution >= 4 is 23.2 Å². The highest BCUT2D eigenvalue weighted by atomic mass is 16.5. The largest absolute Gasteiger partial charge is 0.490 e. The van der Waals surface area contributed by atoms with Crippen molar-refractivity contribution in [1.82, 2.24) is 4.90 Å². The molecular weight excluding hydrogens is 366 g/mol. The van der Waals surface area contributed by atoms with Gasteiger partial charge in [0.1, 0.15) is 12.4 Å². The van der Waals surface area contributed by atoms with E-state index in [-0.39, 0.29) is 18.4 Å². The van der Waals surface area contributed by atoms with Gasteiger partial charge >= 0.3 is 0 Å². The number of piperidine rings is 1. The minimum Gasteiger partial charge on any atom is -0.490 e. The molecule has 2 aromatic rings. The molecule has 152 valence electrons. The molecule has 0 bridgehead atoms. The maximum absolute atomic E-state index is 12.6. The molecule has 1 aliphatic rings. The molecule has 1 heterocycles. The van der Waals surface area contributed by atoms with Crippen LogP contribution in [0.3, 0.4) is 0 Å². The third kappa shape index (κ3) is 6.10. The third-order valence-corrected chi connectivity index (χ3v) is 4.71. The first-order chi connectivity index (χ1) is 14.2. The highest BCUT2D eigenvalue weighted by Crippen LogP contribution is 2.17. The summed E-state index contributed by atoms with van der Waals surface area (Å²) in [4.78, 5) is 26.8. The Hall–Kier alpha value is -3.28. The number of nitrogens with one attached hydrogen (secondary N) is 2. The van der Waals surface area contributed by atoms with E-state index in [9.17, 15) is 9.59 Å². The lowest BCUT2D eigenvalue weighted by atomic mass is 10.1. The fourth-order valence-corrected chi connectivity index (χ4v) is 3.22. The molecule has 1 fully saturated rings. The predicted octanol–water partition coefficient (Wildman–Crippen LogP) is 3.93. The Morgan fingerprint density at radius 3 is 2.52 bits per heavy atom. The number of carbonyl (C=O) groups excluding carboxylic acids is 2. The Labute approximate surface area is 171 Å². The van der Waals surface area contributed by atoms with Crippen LogP contribution in [0.15, 0.2) is 61.2 Å². The molecule has 2 N–H and O–H groups in total. The van der Waals surface area contributed by atoms with Crippen molar-refractivity contribution in [1.29, 1.82) is 0 Å². The van der Waals surface area contributed by atoms with Crippen LogP contribution in [0.5, 0.6) is 5.75 Å². The third-order valence-electron chi connectivity index (χ3n) is 4.71. The summed E-state index contributed by atoms with van der Waals surface area (Å²) in [6.07, 6.45) is 4.97. The van der Waals surface area contributed by atoms with E-state index in [4.69, 9.17) is 4.74 Å². The van der Waals surface area contributed by atoms with Crippen LogP contribution in [-0.4, -0.2) is 43.0 Å². The van der Waals surface area contributed by atoms with E-state index >= 15 is 0 Å². The Morgan fingerprint density at radius 1 is 1.03 bits per heavy atom. The number of benzene rings is 2. The molecule has 1 saturated heterocycles. The monoisotopic (exact) mass is 393 g/mol. The number of hydrogen-bond acceptors (Lipinski definition) is 4. The molecule has 1 aliphatic heterocycles. The van der Waals surface area contributed by atoms with Gasteiger partial charge in [0.2, 0.25) is 5.91 Å². The Kier molecular flexibility index (Phi) is 7.28. The van der Waals surface area contributed by atoms with Crippen molar-refractivity contribution in [3.63, 3.8) is 0 Å². The molecule has 2 aromatic carbocycles. The number of carbonyl (C=O) groups is 2. The van der Waals surface area contributed by atoms with Crippen molar-refractivity contribution in [3.8, 4) is 5.75 Å². The van der Waals surface area contributed by atoms with Gasteiger partial charge in [-0.3, -0.25) is 9.59 Å². The van der Waals surface area contributed by atoms with E-state index in [1.807, 2.05) is 29.2 Å². The van der Waals surface area contributed by atoms with Crippen LogP contribution in [-0.2, 0) is 4.79 Å². The van der Waals surface area contributed by atoms with Gasteiger partial charge in [0.25, 0.3) is 5.91 Å². The zero-order valence-electron chi connectivity index (χ0n) is 16.5. The summed E-state index contributed by atoms with van der Waals surface area (Å²) in [7, 11) is 0. The van der Waals surface area contributed by atoms with Crippen LogP contribution in [0.25, 0.3) is 0 Å². The van der Waals surface area contributed by atoms with E-state index in [2.05, 4.69) is 17.2 Å². The number of amides is 2. The normalized spacial score (nSPS) is 13.4. The molecule has 0 atom stereocenters. The van der Waals surface area contributed by atoms with Crippen LogP contribution in [0.2, 0.25) is 0 Å². The van der Waals surface area contributed by atoms with Gasteiger partial charge in [0.15, 0.2) is 0 Å². The first-order valence-corrected chi connectivity index (χ1v) is 9.92. The molecule has 0 aliphatic carbocycles. The van der Waals surface area contributed by atoms with E-state index in [1.165, 1.54) is 6.42 Å². The van der Waals surface area contributed by atoms with Gasteiger partial charge in [0.05, 0.1) is 6.54 Å². The summed E-state index contributed by atoms with van der Waals surface area (Å²) in [5, 5.41) is 5.92. The molecule has 0 spiro atoms. The summed E-state index contributed by atoms with van der Waals surface area (Å²) >= 11 is 0. The van der Waals surface area contributed by atoms with Gasteiger partial charge < -0.3 is 20.3 Å². The second kappa shape index (κ2) is 10.3. The number of rotatable bonds is 8. The van der Waals surface area contributed by atoms with Crippen LogP contribution in [0.4, 0.5) is 11.4 Å². The maximum atomic E-state index is 12.6. The van der Waals surface area contributed by atoms with Gasteiger partial charge in [0, 0.05) is 30.0 Å². The van der Waals surface area contributed by atoms with Crippen molar-refractivity contribution in [3.05, 3.63) is 66.7 Å². The summed E-state index contributed by atoms with van der Waals surface area (Å²) in [5.74, 6) is 0.590. The molecule has 0 aromatic heterocycles. The molecule has 29 heavy (non-hydrogen) atoms. The van der Waals surface area contributed by atoms with Gasteiger partial charge in [-0.25, -0.2) is 0 Å². The zero-order valence-corrected chi connectivity index (χ0v) is 16.5. The van der Waals surface area contributed by atoms with Crippen molar-refractivity contribution in [2.45, 2.75) is 19.3 Å². The van der Waals surface area contributed by atoms with Crippen LogP contribution in [0.1, 0.15) is 29.6 Å². The highest BCUT2D eigenvalue weighted by molar-refractivity contribution is 5.98. The molecule has 0 saturated carbocycles. The Bertz CT molecular complexity index is 843. The summed E-state index contributed by atoms with van der Waals surface area (Å²) in [5.41, 5.74) is 2.04. The zero-order chi connectivity index (χ0) is 20.5. The first-order valence-electron chi connectivity index (χ1n) is 9.92. The molecule has 6 nitrogen and oxygen atoms in total. The fourth-order valence-electron chi connectivity index (χ4n) is 3.22. The molecule has 2 amide bonds. The maximum Gasteiger partial charge on any atom is 0.253 e. The topological polar surface area (TPSA) is 70.7 Å². The standard InChI is InChI=1S/C23H27N3O3/c1-2-15-29-21-11-9-19(10-12-21)24-17-22(27)25-20-8-6-7-18(16-20)23(28)26-13-4-3-5-14-26/h2,6-12,16,24H,1,3-5,13-15,17H2,(H,25,27). The van der Waals surface area contributed by atoms with E-state index in [0.29, 0.717) is 17.9 Å². The number of likely N-dealkylation sites (tertiary alicyclic amines) is 1. The fraction of sp³-hybridized carbons (Fsp3) is 0.304. The first kappa shape index (κ1) is 20.5. The number of nitrogens with zero attached hydrogens (tertiary/aromatic N) is 1. The minimum atomic E-state index is -0.181. The number of anilines is 2. The lowest BCUT2D eigenvalue weighted by Crippen LogP contribution is -2.35. The van der Waals surface area contributed by atoms with E-state index < -0.39 is 0 Å². The summed E-state index contributed by atoms with van der Waals surface area (Å²) in [6, 6.07) is 14.5. The van der Waals surface area contributed by atoms with Crippen LogP contribution >= 0.6 is 0 Å². The average molecular weight is 393 g/mol. The lowest BCUT2D eigenvalue weighted by molar-refractivity contribution is -0.114. The van der Waals surface area contributed by atoms with Gasteiger partial charge in [-0.2, -0.15) is 0 Å². The predicted molar refractivity (Wildman–Crippen MR) is 115 cm³/mol. The van der Waals surface area contributed by atoms with Crippen molar-refractivity contribution in [2.75, 3.05) is 36.9 Å². The van der Waals surface area contributed by atoms with E-state index in [0.717, 1.165) is 37.4 Å². The smallest absolute Gasteiger partial charge is 0.253 e. The second-order valence-corrected chi connectivity index (χ2v) is 6.96. The number of ether oxygens (including phenoxy) is 1. The molecule has 6 heteroatoms.